The molecule has 1 N–H and O–H groups in total. The maximum Gasteiger partial charge on any atom is 0.204 e. The highest BCUT2D eigenvalue weighted by Gasteiger charge is 2.31. The van der Waals surface area contributed by atoms with Gasteiger partial charge in [0.1, 0.15) is 5.82 Å². The summed E-state index contributed by atoms with van der Waals surface area (Å²) < 4.78 is 26.7. The van der Waals surface area contributed by atoms with Crippen molar-refractivity contribution in [3.63, 3.8) is 0 Å². The number of nitrogens with zero attached hydrogens (tertiary/aromatic N) is 2. The average molecular weight is 403 g/mol. The van der Waals surface area contributed by atoms with E-state index in [2.05, 4.69) is 22.0 Å². The first-order valence-electron chi connectivity index (χ1n) is 9.89. The van der Waals surface area contributed by atoms with Gasteiger partial charge in [0.2, 0.25) is 5.95 Å². The molecule has 2 atom stereocenters. The number of ether oxygens (including phenoxy) is 2. The molecule has 0 fully saturated rings. The van der Waals surface area contributed by atoms with Crippen LogP contribution < -0.4 is 14.8 Å². The fourth-order valence-electron chi connectivity index (χ4n) is 4.26. The quantitative estimate of drug-likeness (QED) is 0.500. The molecule has 5 rings (SSSR count). The van der Waals surface area contributed by atoms with Gasteiger partial charge >= 0.3 is 0 Å². The normalized spacial score (nSPS) is 18.0. The monoisotopic (exact) mass is 403 g/mol. The Morgan fingerprint density at radius 3 is 2.43 bits per heavy atom. The average Bonchev–Trinajstić information content (AvgIpc) is 3.17. The molecule has 1 aliphatic rings. The maximum atomic E-state index is 13.5. The zero-order valence-corrected chi connectivity index (χ0v) is 16.8. The predicted octanol–water partition coefficient (Wildman–Crippen LogP) is 5.34. The van der Waals surface area contributed by atoms with Crippen LogP contribution in [0.1, 0.15) is 29.6 Å². The van der Waals surface area contributed by atoms with Gasteiger partial charge in [-0.25, -0.2) is 9.37 Å². The summed E-state index contributed by atoms with van der Waals surface area (Å²) in [4.78, 5) is 4.82. The van der Waals surface area contributed by atoms with E-state index in [0.717, 1.165) is 34.5 Å². The van der Waals surface area contributed by atoms with Gasteiger partial charge in [0, 0.05) is 0 Å². The van der Waals surface area contributed by atoms with E-state index in [1.54, 1.807) is 14.2 Å². The number of benzene rings is 3. The summed E-state index contributed by atoms with van der Waals surface area (Å²) in [6.07, 6.45) is 0.786. The lowest BCUT2D eigenvalue weighted by Gasteiger charge is -2.33. The van der Waals surface area contributed by atoms with Crippen LogP contribution in [0.3, 0.4) is 0 Å². The van der Waals surface area contributed by atoms with Crippen LogP contribution in [0.4, 0.5) is 10.3 Å². The van der Waals surface area contributed by atoms with E-state index in [1.807, 2.05) is 42.5 Å². The summed E-state index contributed by atoms with van der Waals surface area (Å²) >= 11 is 0. The minimum Gasteiger partial charge on any atom is -0.493 e. The van der Waals surface area contributed by atoms with Crippen molar-refractivity contribution in [1.82, 2.24) is 9.55 Å². The SMILES string of the molecule is COc1ccc([C@H]2C[C@@H](c3ccc(F)cc3)Nc3nc4ccccc4n32)cc1OC. The molecule has 4 aromatic rings. The van der Waals surface area contributed by atoms with Crippen LogP contribution in [-0.2, 0) is 0 Å². The Morgan fingerprint density at radius 2 is 1.67 bits per heavy atom. The van der Waals surface area contributed by atoms with E-state index in [0.29, 0.717) is 11.5 Å². The van der Waals surface area contributed by atoms with Crippen LogP contribution in [0.2, 0.25) is 0 Å². The molecule has 1 aliphatic heterocycles. The molecule has 5 nitrogen and oxygen atoms in total. The molecular formula is C24H22FN3O2. The number of nitrogens with one attached hydrogen (secondary N) is 1. The van der Waals surface area contributed by atoms with Gasteiger partial charge in [0.15, 0.2) is 11.5 Å². The molecule has 0 bridgehead atoms. The number of imidazole rings is 1. The van der Waals surface area contributed by atoms with Gasteiger partial charge in [-0.15, -0.1) is 0 Å². The summed E-state index contributed by atoms with van der Waals surface area (Å²) in [5.41, 5.74) is 4.13. The Bertz CT molecular complexity index is 1200. The number of aromatic nitrogens is 2. The van der Waals surface area contributed by atoms with E-state index >= 15 is 0 Å². The van der Waals surface area contributed by atoms with Crippen molar-refractivity contribution in [1.29, 1.82) is 0 Å². The van der Waals surface area contributed by atoms with Crippen molar-refractivity contribution < 1.29 is 13.9 Å². The summed E-state index contributed by atoms with van der Waals surface area (Å²) in [5.74, 6) is 1.95. The van der Waals surface area contributed by atoms with E-state index in [1.165, 1.54) is 12.1 Å². The highest BCUT2D eigenvalue weighted by molar-refractivity contribution is 5.79. The fraction of sp³-hybridized carbons (Fsp3) is 0.208. The molecule has 0 saturated carbocycles. The lowest BCUT2D eigenvalue weighted by Crippen LogP contribution is -2.27. The van der Waals surface area contributed by atoms with Crippen molar-refractivity contribution >= 4 is 17.0 Å². The summed E-state index contributed by atoms with van der Waals surface area (Å²) in [7, 11) is 3.28. The molecule has 1 aromatic heterocycles. The van der Waals surface area contributed by atoms with Crippen molar-refractivity contribution in [3.05, 3.63) is 83.7 Å². The second-order valence-electron chi connectivity index (χ2n) is 7.41. The molecule has 3 aromatic carbocycles. The van der Waals surface area contributed by atoms with Gasteiger partial charge in [-0.1, -0.05) is 30.3 Å². The van der Waals surface area contributed by atoms with Gasteiger partial charge in [-0.3, -0.25) is 0 Å². The van der Waals surface area contributed by atoms with Gasteiger partial charge < -0.3 is 19.4 Å². The van der Waals surface area contributed by atoms with Crippen LogP contribution in [0.15, 0.2) is 66.7 Å². The summed E-state index contributed by atoms with van der Waals surface area (Å²) in [6.45, 7) is 0. The molecule has 152 valence electrons. The van der Waals surface area contributed by atoms with Crippen LogP contribution in [0.5, 0.6) is 11.5 Å². The number of methoxy groups -OCH3 is 2. The highest BCUT2D eigenvalue weighted by Crippen LogP contribution is 2.42. The number of hydrogen-bond donors (Lipinski definition) is 1. The van der Waals surface area contributed by atoms with Gasteiger partial charge in [-0.05, 0) is 53.9 Å². The van der Waals surface area contributed by atoms with Gasteiger partial charge in [0.25, 0.3) is 0 Å². The number of hydrogen-bond acceptors (Lipinski definition) is 4. The molecule has 0 spiro atoms. The van der Waals surface area contributed by atoms with Gasteiger partial charge in [0.05, 0.1) is 37.3 Å². The van der Waals surface area contributed by atoms with E-state index in [9.17, 15) is 4.39 Å². The topological polar surface area (TPSA) is 48.3 Å². The second kappa shape index (κ2) is 7.37. The Balaban J connectivity index is 1.65. The maximum absolute atomic E-state index is 13.5. The van der Waals surface area contributed by atoms with Crippen molar-refractivity contribution in [2.75, 3.05) is 19.5 Å². The number of rotatable bonds is 4. The molecule has 0 amide bonds. The van der Waals surface area contributed by atoms with Crippen LogP contribution in [0.25, 0.3) is 11.0 Å². The van der Waals surface area contributed by atoms with Crippen molar-refractivity contribution in [3.8, 4) is 11.5 Å². The zero-order valence-electron chi connectivity index (χ0n) is 16.8. The lowest BCUT2D eigenvalue weighted by molar-refractivity contribution is 0.353. The van der Waals surface area contributed by atoms with E-state index in [-0.39, 0.29) is 17.9 Å². The number of fused-ring (bicyclic) bond motifs is 3. The van der Waals surface area contributed by atoms with Crippen LogP contribution in [-0.4, -0.2) is 23.8 Å². The molecule has 6 heteroatoms. The highest BCUT2D eigenvalue weighted by atomic mass is 19.1. The fourth-order valence-corrected chi connectivity index (χ4v) is 4.26. The van der Waals surface area contributed by atoms with Gasteiger partial charge in [-0.2, -0.15) is 0 Å². The second-order valence-corrected chi connectivity index (χ2v) is 7.41. The smallest absolute Gasteiger partial charge is 0.204 e. The molecule has 0 unspecified atom stereocenters. The van der Waals surface area contributed by atoms with E-state index < -0.39 is 0 Å². The standard InChI is InChI=1S/C24H22FN3O2/c1-29-22-12-9-16(13-23(22)30-2)21-14-19(15-7-10-17(25)11-8-15)27-24-26-18-5-3-4-6-20(18)28(21)24/h3-13,19,21H,14H2,1-2H3,(H,26,27)/t19-,21+/m0/s1. The summed E-state index contributed by atoms with van der Waals surface area (Å²) in [5, 5.41) is 3.55. The minimum absolute atomic E-state index is 0.00742. The first kappa shape index (κ1) is 18.5. The minimum atomic E-state index is -0.238. The molecule has 0 saturated heterocycles. The third-order valence-corrected chi connectivity index (χ3v) is 5.73. The number of para-hydroxylation sites is 2. The first-order valence-corrected chi connectivity index (χ1v) is 9.89. The van der Waals surface area contributed by atoms with E-state index in [4.69, 9.17) is 14.5 Å². The Labute approximate surface area is 174 Å². The van der Waals surface area contributed by atoms with Crippen LogP contribution >= 0.6 is 0 Å². The molecule has 30 heavy (non-hydrogen) atoms. The number of halogens is 1. The van der Waals surface area contributed by atoms with Crippen LogP contribution in [0, 0.1) is 5.82 Å². The predicted molar refractivity (Wildman–Crippen MR) is 115 cm³/mol. The molecule has 0 aliphatic carbocycles. The lowest BCUT2D eigenvalue weighted by atomic mass is 9.92. The number of anilines is 1. The Hall–Kier alpha value is -3.54. The third kappa shape index (κ3) is 3.05. The zero-order chi connectivity index (χ0) is 20.7. The largest absolute Gasteiger partial charge is 0.493 e. The van der Waals surface area contributed by atoms with Crippen molar-refractivity contribution in [2.45, 2.75) is 18.5 Å². The molecule has 0 radical (unpaired) electrons. The van der Waals surface area contributed by atoms with Crippen molar-refractivity contribution in [2.24, 2.45) is 0 Å². The molecule has 2 heterocycles. The first-order chi connectivity index (χ1) is 14.7. The molecular weight excluding hydrogens is 381 g/mol. The third-order valence-electron chi connectivity index (χ3n) is 5.73. The Kier molecular flexibility index (Phi) is 4.54. The Morgan fingerprint density at radius 1 is 0.933 bits per heavy atom. The summed E-state index contributed by atoms with van der Waals surface area (Å²) in [6, 6.07) is 20.8.